The molecule has 0 bridgehead atoms. The van der Waals surface area contributed by atoms with Crippen molar-refractivity contribution < 1.29 is 4.57 Å². The van der Waals surface area contributed by atoms with Gasteiger partial charge in [-0.15, -0.1) is 0 Å². The first-order valence-corrected chi connectivity index (χ1v) is 20.9. The van der Waals surface area contributed by atoms with Crippen molar-refractivity contribution in [3.63, 3.8) is 0 Å². The van der Waals surface area contributed by atoms with Gasteiger partial charge in [0.25, 0.3) is 5.82 Å². The smallest absolute Gasteiger partial charge is 0.234 e. The Kier molecular flexibility index (Phi) is 31.5. The van der Waals surface area contributed by atoms with E-state index in [0.29, 0.717) is 0 Å². The normalized spacial score (nSPS) is 11.6. The van der Waals surface area contributed by atoms with E-state index in [4.69, 9.17) is 0 Å². The molecule has 2 heteroatoms. The number of rotatable bonds is 36. The number of imidazole rings is 1. The average molecular weight is 616 g/mol. The van der Waals surface area contributed by atoms with Crippen molar-refractivity contribution in [1.29, 1.82) is 0 Å². The molecule has 0 spiro atoms. The average Bonchev–Trinajstić information content (AvgIpc) is 3.42. The molecule has 0 aromatic carbocycles. The molecule has 0 N–H and O–H groups in total. The molecule has 0 unspecified atom stereocenters. The van der Waals surface area contributed by atoms with Crippen LogP contribution in [0.5, 0.6) is 0 Å². The monoisotopic (exact) mass is 616 g/mol. The Hall–Kier alpha value is -0.790. The van der Waals surface area contributed by atoms with Crippen molar-refractivity contribution >= 4 is 0 Å². The van der Waals surface area contributed by atoms with Gasteiger partial charge in [-0.3, -0.25) is 0 Å². The summed E-state index contributed by atoms with van der Waals surface area (Å²) in [7, 11) is 0. The fourth-order valence-corrected chi connectivity index (χ4v) is 7.03. The number of hydrogen-bond donors (Lipinski definition) is 0. The maximum atomic E-state index is 2.64. The van der Waals surface area contributed by atoms with E-state index in [1.165, 1.54) is 231 Å². The van der Waals surface area contributed by atoms with Crippen molar-refractivity contribution in [2.45, 2.75) is 252 Å². The second-order valence-corrected chi connectivity index (χ2v) is 14.5. The highest BCUT2D eigenvalue weighted by Gasteiger charge is 2.16. The molecule has 260 valence electrons. The summed E-state index contributed by atoms with van der Waals surface area (Å²) in [6.07, 6.45) is 53.4. The van der Waals surface area contributed by atoms with Crippen LogP contribution in [0, 0.1) is 0 Å². The SMILES string of the molecule is CCCCCCCCCCCCCCCCc1n(CCCCCCCCCCCCC)cc[n+]1CCCCCCCCCC. The summed E-state index contributed by atoms with van der Waals surface area (Å²) in [5.41, 5.74) is 0. The van der Waals surface area contributed by atoms with E-state index in [9.17, 15) is 0 Å². The van der Waals surface area contributed by atoms with Crippen molar-refractivity contribution in [2.24, 2.45) is 0 Å². The van der Waals surface area contributed by atoms with Gasteiger partial charge >= 0.3 is 0 Å². The van der Waals surface area contributed by atoms with Crippen molar-refractivity contribution in [3.05, 3.63) is 18.2 Å². The summed E-state index contributed by atoms with van der Waals surface area (Å²) in [5, 5.41) is 0. The first kappa shape index (κ1) is 41.2. The number of aromatic nitrogens is 2. The van der Waals surface area contributed by atoms with Crippen LogP contribution < -0.4 is 4.57 Å². The molecule has 2 nitrogen and oxygen atoms in total. The van der Waals surface area contributed by atoms with Gasteiger partial charge < -0.3 is 0 Å². The maximum Gasteiger partial charge on any atom is 0.256 e. The first-order valence-electron chi connectivity index (χ1n) is 20.9. The van der Waals surface area contributed by atoms with Crippen LogP contribution in [-0.2, 0) is 19.5 Å². The van der Waals surface area contributed by atoms with E-state index in [1.807, 2.05) is 0 Å². The van der Waals surface area contributed by atoms with Crippen LogP contribution in [0.4, 0.5) is 0 Å². The fourth-order valence-electron chi connectivity index (χ4n) is 7.03. The Morgan fingerprint density at radius 3 is 1.09 bits per heavy atom. The zero-order valence-corrected chi connectivity index (χ0v) is 31.0. The molecule has 0 atom stereocenters. The third kappa shape index (κ3) is 25.4. The minimum atomic E-state index is 1.23. The van der Waals surface area contributed by atoms with Gasteiger partial charge in [0.1, 0.15) is 12.4 Å². The van der Waals surface area contributed by atoms with Crippen LogP contribution in [0.1, 0.15) is 238 Å². The summed E-state index contributed by atoms with van der Waals surface area (Å²) >= 11 is 0. The van der Waals surface area contributed by atoms with E-state index in [0.717, 1.165) is 0 Å². The lowest BCUT2D eigenvalue weighted by Crippen LogP contribution is -2.37. The minimum absolute atomic E-state index is 1.23. The molecule has 0 aliphatic heterocycles. The van der Waals surface area contributed by atoms with Crippen molar-refractivity contribution in [1.82, 2.24) is 4.57 Å². The lowest BCUT2D eigenvalue weighted by atomic mass is 10.0. The first-order chi connectivity index (χ1) is 21.8. The molecule has 0 aliphatic rings. The highest BCUT2D eigenvalue weighted by molar-refractivity contribution is 4.84. The molecular formula is C42H83N2+. The highest BCUT2D eigenvalue weighted by atomic mass is 15.1. The van der Waals surface area contributed by atoms with E-state index in [1.54, 1.807) is 5.82 Å². The topological polar surface area (TPSA) is 8.81 Å². The third-order valence-electron chi connectivity index (χ3n) is 10.1. The standard InChI is InChI=1S/C42H83N2/c1-4-7-10-13-16-19-21-22-23-24-26-28-31-34-37-42-43(38-35-32-29-18-15-12-9-6-3)40-41-44(42)39-36-33-30-27-25-20-17-14-11-8-5-2/h40-41H,4-39H2,1-3H3/q+1. The van der Waals surface area contributed by atoms with Crippen molar-refractivity contribution in [3.8, 4) is 0 Å². The Labute approximate surface area is 279 Å². The van der Waals surface area contributed by atoms with Crippen LogP contribution >= 0.6 is 0 Å². The molecule has 44 heavy (non-hydrogen) atoms. The molecule has 0 saturated carbocycles. The number of aryl methyl sites for hydroxylation is 2. The highest BCUT2D eigenvalue weighted by Crippen LogP contribution is 2.16. The second kappa shape index (κ2) is 33.6. The fraction of sp³-hybridized carbons (Fsp3) is 0.929. The number of unbranched alkanes of at least 4 members (excludes halogenated alkanes) is 30. The molecule has 0 fully saturated rings. The number of hydrogen-bond acceptors (Lipinski definition) is 0. The van der Waals surface area contributed by atoms with Gasteiger partial charge in [-0.05, 0) is 32.1 Å². The largest absolute Gasteiger partial charge is 0.256 e. The summed E-state index contributed by atoms with van der Waals surface area (Å²) in [6, 6.07) is 0. The summed E-state index contributed by atoms with van der Waals surface area (Å²) < 4.78 is 5.28. The maximum absolute atomic E-state index is 2.64. The molecule has 1 heterocycles. The molecule has 0 saturated heterocycles. The van der Waals surface area contributed by atoms with E-state index in [-0.39, 0.29) is 0 Å². The molecule has 1 aromatic rings. The van der Waals surface area contributed by atoms with Gasteiger partial charge in [-0.25, -0.2) is 9.13 Å². The Bertz CT molecular complexity index is 677. The minimum Gasteiger partial charge on any atom is -0.234 e. The summed E-state index contributed by atoms with van der Waals surface area (Å²) in [6.45, 7) is 9.40. The lowest BCUT2D eigenvalue weighted by Gasteiger charge is -2.07. The quantitative estimate of drug-likeness (QED) is 0.0524. The molecule has 0 aliphatic carbocycles. The van der Waals surface area contributed by atoms with Crippen LogP contribution in [0.3, 0.4) is 0 Å². The van der Waals surface area contributed by atoms with Crippen LogP contribution in [0.15, 0.2) is 12.4 Å². The zero-order chi connectivity index (χ0) is 31.6. The molecule has 0 radical (unpaired) electrons. The Morgan fingerprint density at radius 1 is 0.386 bits per heavy atom. The predicted octanol–water partition coefficient (Wildman–Crippen LogP) is 14.3. The molecule has 1 rings (SSSR count). The summed E-state index contributed by atoms with van der Waals surface area (Å²) in [5.74, 6) is 1.62. The van der Waals surface area contributed by atoms with Gasteiger partial charge in [0.15, 0.2) is 0 Å². The van der Waals surface area contributed by atoms with Crippen molar-refractivity contribution in [2.75, 3.05) is 0 Å². The van der Waals surface area contributed by atoms with Gasteiger partial charge in [0.2, 0.25) is 0 Å². The van der Waals surface area contributed by atoms with Crippen LogP contribution in [0.2, 0.25) is 0 Å². The van der Waals surface area contributed by atoms with E-state index < -0.39 is 0 Å². The number of nitrogens with zero attached hydrogens (tertiary/aromatic N) is 2. The second-order valence-electron chi connectivity index (χ2n) is 14.5. The Balaban J connectivity index is 2.27. The van der Waals surface area contributed by atoms with Crippen LogP contribution in [-0.4, -0.2) is 4.57 Å². The van der Waals surface area contributed by atoms with E-state index >= 15 is 0 Å². The predicted molar refractivity (Wildman–Crippen MR) is 198 cm³/mol. The Morgan fingerprint density at radius 2 is 0.705 bits per heavy atom. The lowest BCUT2D eigenvalue weighted by molar-refractivity contribution is -0.704. The third-order valence-corrected chi connectivity index (χ3v) is 10.1. The van der Waals surface area contributed by atoms with Gasteiger partial charge in [0.05, 0.1) is 13.1 Å². The van der Waals surface area contributed by atoms with Gasteiger partial charge in [-0.2, -0.15) is 0 Å². The van der Waals surface area contributed by atoms with Crippen LogP contribution in [0.25, 0.3) is 0 Å². The van der Waals surface area contributed by atoms with Gasteiger partial charge in [0, 0.05) is 6.42 Å². The molecule has 1 aromatic heterocycles. The molecular weight excluding hydrogens is 532 g/mol. The summed E-state index contributed by atoms with van der Waals surface area (Å²) in [4.78, 5) is 0. The molecule has 0 amide bonds. The van der Waals surface area contributed by atoms with E-state index in [2.05, 4.69) is 42.3 Å². The van der Waals surface area contributed by atoms with Gasteiger partial charge in [-0.1, -0.05) is 201 Å². The zero-order valence-electron chi connectivity index (χ0n) is 31.0.